The summed E-state index contributed by atoms with van der Waals surface area (Å²) in [7, 11) is 3.03. The average Bonchev–Trinajstić information content (AvgIpc) is 2.82. The van der Waals surface area contributed by atoms with Gasteiger partial charge in [-0.15, -0.1) is 0 Å². The first-order valence-electron chi connectivity index (χ1n) is 7.13. The van der Waals surface area contributed by atoms with Crippen LogP contribution in [0.5, 0.6) is 11.5 Å². The lowest BCUT2D eigenvalue weighted by Crippen LogP contribution is -2.30. The maximum absolute atomic E-state index is 12.3. The van der Waals surface area contributed by atoms with E-state index in [1.54, 1.807) is 24.3 Å². The second-order valence-electron chi connectivity index (χ2n) is 4.92. The Balaban J connectivity index is 2.18. The summed E-state index contributed by atoms with van der Waals surface area (Å²) in [6.07, 6.45) is 1.54. The number of carbonyl (C=O) groups is 3. The molecule has 1 aromatic rings. The van der Waals surface area contributed by atoms with E-state index in [0.29, 0.717) is 17.1 Å². The lowest BCUT2D eigenvalue weighted by molar-refractivity contribution is -0.305. The lowest BCUT2D eigenvalue weighted by atomic mass is 10.1. The van der Waals surface area contributed by atoms with Crippen molar-refractivity contribution in [3.05, 3.63) is 28.7 Å². The second kappa shape index (κ2) is 7.87. The molecule has 2 amide bonds. The highest BCUT2D eigenvalue weighted by atomic mass is 32.2. The van der Waals surface area contributed by atoms with Gasteiger partial charge in [-0.25, -0.2) is 0 Å². The van der Waals surface area contributed by atoms with Crippen molar-refractivity contribution >= 4 is 35.0 Å². The Morgan fingerprint density at radius 2 is 2.04 bits per heavy atom. The quantitative estimate of drug-likeness (QED) is 0.683. The highest BCUT2D eigenvalue weighted by Gasteiger charge is 2.34. The summed E-state index contributed by atoms with van der Waals surface area (Å²) in [5.41, 5.74) is 0.638. The first-order chi connectivity index (χ1) is 11.5. The Hall–Kier alpha value is -2.48. The highest BCUT2D eigenvalue weighted by molar-refractivity contribution is 8.18. The highest BCUT2D eigenvalue weighted by Crippen LogP contribution is 2.35. The maximum Gasteiger partial charge on any atom is 0.293 e. The summed E-state index contributed by atoms with van der Waals surface area (Å²) < 4.78 is 10.4. The van der Waals surface area contributed by atoms with Crippen LogP contribution in [0, 0.1) is 0 Å². The number of rotatable bonds is 7. The molecule has 7 nitrogen and oxygen atoms in total. The summed E-state index contributed by atoms with van der Waals surface area (Å²) in [6.45, 7) is 0.0513. The van der Waals surface area contributed by atoms with Gasteiger partial charge in [0.05, 0.1) is 19.1 Å². The number of carboxylic acids is 1. The van der Waals surface area contributed by atoms with Crippen molar-refractivity contribution in [2.45, 2.75) is 12.8 Å². The smallest absolute Gasteiger partial charge is 0.293 e. The topological polar surface area (TPSA) is 96.0 Å². The third-order valence-electron chi connectivity index (χ3n) is 3.36. The molecule has 0 saturated carbocycles. The van der Waals surface area contributed by atoms with E-state index in [9.17, 15) is 19.5 Å². The molecule has 1 fully saturated rings. The number of nitrogens with zero attached hydrogens (tertiary/aromatic N) is 1. The fourth-order valence-corrected chi connectivity index (χ4v) is 3.01. The molecule has 0 bridgehead atoms. The van der Waals surface area contributed by atoms with Crippen molar-refractivity contribution in [3.63, 3.8) is 0 Å². The van der Waals surface area contributed by atoms with Crippen LogP contribution >= 0.6 is 11.8 Å². The number of hydrogen-bond acceptors (Lipinski definition) is 7. The molecule has 0 radical (unpaired) electrons. The molecule has 24 heavy (non-hydrogen) atoms. The van der Waals surface area contributed by atoms with Crippen LogP contribution in [0.1, 0.15) is 18.4 Å². The van der Waals surface area contributed by atoms with Crippen LogP contribution in [-0.4, -0.2) is 42.8 Å². The largest absolute Gasteiger partial charge is 0.550 e. The number of hydrogen-bond donors (Lipinski definition) is 0. The monoisotopic (exact) mass is 350 g/mol. The van der Waals surface area contributed by atoms with Crippen LogP contribution < -0.4 is 14.6 Å². The van der Waals surface area contributed by atoms with Gasteiger partial charge < -0.3 is 19.4 Å². The van der Waals surface area contributed by atoms with Crippen LogP contribution in [-0.2, 0) is 9.59 Å². The molecular weight excluding hydrogens is 334 g/mol. The Morgan fingerprint density at radius 1 is 1.29 bits per heavy atom. The van der Waals surface area contributed by atoms with E-state index in [2.05, 4.69) is 0 Å². The Bertz CT molecular complexity index is 700. The van der Waals surface area contributed by atoms with Crippen LogP contribution in [0.3, 0.4) is 0 Å². The molecular formula is C16H16NO6S-. The van der Waals surface area contributed by atoms with Gasteiger partial charge in [0.25, 0.3) is 11.1 Å². The fraction of sp³-hybridized carbons (Fsp3) is 0.312. The van der Waals surface area contributed by atoms with Gasteiger partial charge in [-0.3, -0.25) is 14.5 Å². The van der Waals surface area contributed by atoms with Gasteiger partial charge in [0.2, 0.25) is 0 Å². The minimum Gasteiger partial charge on any atom is -0.550 e. The van der Waals surface area contributed by atoms with Gasteiger partial charge in [0, 0.05) is 24.1 Å². The van der Waals surface area contributed by atoms with Crippen molar-refractivity contribution in [3.8, 4) is 11.5 Å². The van der Waals surface area contributed by atoms with Gasteiger partial charge in [-0.1, -0.05) is 0 Å². The van der Waals surface area contributed by atoms with Crippen molar-refractivity contribution < 1.29 is 29.0 Å². The summed E-state index contributed by atoms with van der Waals surface area (Å²) in [5, 5.41) is 10.0. The molecule has 0 aromatic heterocycles. The summed E-state index contributed by atoms with van der Waals surface area (Å²) >= 11 is 0.813. The summed E-state index contributed by atoms with van der Waals surface area (Å²) in [6, 6.07) is 5.12. The summed E-state index contributed by atoms with van der Waals surface area (Å²) in [5.74, 6) is -0.529. The van der Waals surface area contributed by atoms with Crippen LogP contribution in [0.15, 0.2) is 23.1 Å². The summed E-state index contributed by atoms with van der Waals surface area (Å²) in [4.78, 5) is 36.0. The Kier molecular flexibility index (Phi) is 5.86. The molecule has 128 valence electrons. The first kappa shape index (κ1) is 17.9. The molecule has 0 N–H and O–H groups in total. The zero-order chi connectivity index (χ0) is 17.7. The number of imide groups is 1. The molecule has 0 atom stereocenters. The number of thioether (sulfide) groups is 1. The fourth-order valence-electron chi connectivity index (χ4n) is 2.15. The molecule has 0 spiro atoms. The Labute approximate surface area is 143 Å². The number of benzene rings is 1. The number of amides is 2. The van der Waals surface area contributed by atoms with Crippen LogP contribution in [0.25, 0.3) is 6.08 Å². The minimum atomic E-state index is -1.21. The Morgan fingerprint density at radius 3 is 2.67 bits per heavy atom. The zero-order valence-corrected chi connectivity index (χ0v) is 14.1. The van der Waals surface area contributed by atoms with Gasteiger partial charge in [-0.05, 0) is 42.8 Å². The van der Waals surface area contributed by atoms with Crippen molar-refractivity contribution in [1.82, 2.24) is 4.90 Å². The molecule has 0 aliphatic carbocycles. The molecule has 1 saturated heterocycles. The van der Waals surface area contributed by atoms with E-state index in [1.807, 2.05) is 0 Å². The van der Waals surface area contributed by atoms with Crippen LogP contribution in [0.4, 0.5) is 4.79 Å². The number of methoxy groups -OCH3 is 2. The minimum absolute atomic E-state index is 0.0513. The molecule has 0 unspecified atom stereocenters. The predicted octanol–water partition coefficient (Wildman–Crippen LogP) is 1.27. The first-order valence-corrected chi connectivity index (χ1v) is 7.95. The van der Waals surface area contributed by atoms with Gasteiger partial charge in [-0.2, -0.15) is 0 Å². The number of ether oxygens (including phenoxy) is 2. The normalized spacial score (nSPS) is 15.9. The average molecular weight is 350 g/mol. The van der Waals surface area contributed by atoms with Crippen molar-refractivity contribution in [1.29, 1.82) is 0 Å². The third-order valence-corrected chi connectivity index (χ3v) is 4.27. The van der Waals surface area contributed by atoms with Gasteiger partial charge in [0.1, 0.15) is 11.5 Å². The van der Waals surface area contributed by atoms with Crippen LogP contribution in [0.2, 0.25) is 0 Å². The molecule has 1 aliphatic rings. The molecule has 2 rings (SSSR count). The van der Waals surface area contributed by atoms with E-state index in [0.717, 1.165) is 16.7 Å². The van der Waals surface area contributed by atoms with Crippen molar-refractivity contribution in [2.75, 3.05) is 20.8 Å². The predicted molar refractivity (Wildman–Crippen MR) is 86.5 cm³/mol. The molecule has 1 aliphatic heterocycles. The molecule has 1 aromatic carbocycles. The van der Waals surface area contributed by atoms with E-state index in [-0.39, 0.29) is 24.3 Å². The number of carbonyl (C=O) groups excluding carboxylic acids is 3. The van der Waals surface area contributed by atoms with Gasteiger partial charge >= 0.3 is 0 Å². The van der Waals surface area contributed by atoms with E-state index in [4.69, 9.17) is 9.47 Å². The molecule has 1 heterocycles. The zero-order valence-electron chi connectivity index (χ0n) is 13.2. The molecule has 8 heteroatoms. The maximum atomic E-state index is 12.3. The van der Waals surface area contributed by atoms with Gasteiger partial charge in [0.15, 0.2) is 0 Å². The van der Waals surface area contributed by atoms with E-state index < -0.39 is 17.1 Å². The number of carboxylic acid groups (broad SMARTS) is 1. The van der Waals surface area contributed by atoms with E-state index in [1.165, 1.54) is 14.2 Å². The second-order valence-corrected chi connectivity index (χ2v) is 5.91. The standard InChI is InChI=1S/C16H17NO6S/c1-22-11-6-5-10(12(9-11)23-2)8-13-15(20)17(16(21)24-13)7-3-4-14(18)19/h5-6,8-9H,3-4,7H2,1-2H3,(H,18,19)/p-1/b13-8+. The van der Waals surface area contributed by atoms with E-state index >= 15 is 0 Å². The lowest BCUT2D eigenvalue weighted by Gasteiger charge is -2.12. The van der Waals surface area contributed by atoms with Crippen molar-refractivity contribution in [2.24, 2.45) is 0 Å². The third kappa shape index (κ3) is 4.08. The SMILES string of the molecule is COc1ccc(/C=C2/SC(=O)N(CCCC(=O)[O-])C2=O)c(OC)c1. The number of aliphatic carboxylic acids is 1.